The number of amides is 1. The van der Waals surface area contributed by atoms with Crippen molar-refractivity contribution in [1.82, 2.24) is 10.3 Å². The molecule has 1 aliphatic heterocycles. The molecule has 7 nitrogen and oxygen atoms in total. The van der Waals surface area contributed by atoms with Crippen molar-refractivity contribution in [1.29, 1.82) is 0 Å². The molecule has 1 saturated carbocycles. The molecule has 7 heteroatoms. The zero-order valence-corrected chi connectivity index (χ0v) is 20.9. The molecule has 2 aliphatic rings. The van der Waals surface area contributed by atoms with Gasteiger partial charge >= 0.3 is 0 Å². The molecule has 2 fully saturated rings. The molecule has 1 N–H and O–H groups in total. The Morgan fingerprint density at radius 3 is 2.83 bits per heavy atom. The Hall–Kier alpha value is -2.93. The number of carbonyl (C=O) groups is 1. The van der Waals surface area contributed by atoms with Crippen molar-refractivity contribution in [3.05, 3.63) is 53.2 Å². The Morgan fingerprint density at radius 2 is 2.03 bits per heavy atom. The van der Waals surface area contributed by atoms with E-state index in [0.717, 1.165) is 56.1 Å². The van der Waals surface area contributed by atoms with Gasteiger partial charge in [0.15, 0.2) is 0 Å². The molecule has 35 heavy (non-hydrogen) atoms. The summed E-state index contributed by atoms with van der Waals surface area (Å²) in [7, 11) is 0. The van der Waals surface area contributed by atoms with Gasteiger partial charge in [0.1, 0.15) is 0 Å². The Bertz CT molecular complexity index is 982. The van der Waals surface area contributed by atoms with E-state index >= 15 is 0 Å². The van der Waals surface area contributed by atoms with Crippen LogP contribution in [0.25, 0.3) is 0 Å². The van der Waals surface area contributed by atoms with Crippen LogP contribution in [0, 0.1) is 6.92 Å². The van der Waals surface area contributed by atoms with Crippen LogP contribution in [0.4, 0.5) is 5.69 Å². The van der Waals surface area contributed by atoms with Crippen LogP contribution in [-0.2, 0) is 16.1 Å². The van der Waals surface area contributed by atoms with E-state index in [-0.39, 0.29) is 5.91 Å². The van der Waals surface area contributed by atoms with Crippen LogP contribution in [0.5, 0.6) is 5.88 Å². The van der Waals surface area contributed by atoms with Gasteiger partial charge in [0.25, 0.3) is 0 Å². The van der Waals surface area contributed by atoms with E-state index in [1.807, 2.05) is 24.4 Å². The first-order valence-corrected chi connectivity index (χ1v) is 13.0. The number of carbonyl (C=O) groups excluding carboxylic acids is 1. The van der Waals surface area contributed by atoms with Crippen LogP contribution >= 0.6 is 0 Å². The summed E-state index contributed by atoms with van der Waals surface area (Å²) in [5, 5.41) is 3.17. The second kappa shape index (κ2) is 13.2. The minimum atomic E-state index is 0.127. The predicted molar refractivity (Wildman–Crippen MR) is 139 cm³/mol. The fraction of sp³-hybridized carbons (Fsp3) is 0.536. The van der Waals surface area contributed by atoms with Gasteiger partial charge in [-0.2, -0.15) is 0 Å². The molecule has 0 spiro atoms. The van der Waals surface area contributed by atoms with E-state index in [1.54, 1.807) is 0 Å². The number of pyridine rings is 1. The van der Waals surface area contributed by atoms with Crippen LogP contribution in [0.15, 0.2) is 41.4 Å². The lowest BCUT2D eigenvalue weighted by atomic mass is 9.95. The molecular weight excluding hydrogens is 440 g/mol. The summed E-state index contributed by atoms with van der Waals surface area (Å²) in [6, 6.07) is 12.7. The summed E-state index contributed by atoms with van der Waals surface area (Å²) in [5.74, 6) is 0.712. The number of aromatic nitrogens is 1. The van der Waals surface area contributed by atoms with Gasteiger partial charge in [-0.25, -0.2) is 4.98 Å². The first kappa shape index (κ1) is 25.2. The van der Waals surface area contributed by atoms with Crippen LogP contribution in [0.2, 0.25) is 0 Å². The summed E-state index contributed by atoms with van der Waals surface area (Å²) in [6.07, 6.45) is 8.98. The molecule has 0 radical (unpaired) electrons. The van der Waals surface area contributed by atoms with Crippen LogP contribution in [-0.4, -0.2) is 56.1 Å². The van der Waals surface area contributed by atoms with Gasteiger partial charge < -0.3 is 19.7 Å². The number of hydrogen-bond donors (Lipinski definition) is 1. The van der Waals surface area contributed by atoms with Gasteiger partial charge in [-0.15, -0.1) is 0 Å². The van der Waals surface area contributed by atoms with Gasteiger partial charge in [0, 0.05) is 43.5 Å². The van der Waals surface area contributed by atoms with E-state index < -0.39 is 0 Å². The number of morpholine rings is 1. The average Bonchev–Trinajstić information content (AvgIpc) is 2.88. The lowest BCUT2D eigenvalue weighted by Gasteiger charge is -2.29. The van der Waals surface area contributed by atoms with E-state index in [4.69, 9.17) is 14.5 Å². The van der Waals surface area contributed by atoms with Crippen LogP contribution < -0.4 is 15.0 Å². The number of nitrogens with zero attached hydrogens (tertiary/aromatic N) is 3. The topological polar surface area (TPSA) is 76.1 Å². The van der Waals surface area contributed by atoms with Crippen molar-refractivity contribution in [2.75, 3.05) is 37.8 Å². The van der Waals surface area contributed by atoms with E-state index in [9.17, 15) is 4.79 Å². The zero-order valence-electron chi connectivity index (χ0n) is 20.9. The highest BCUT2D eigenvalue weighted by molar-refractivity contribution is 5.79. The largest absolute Gasteiger partial charge is 0.478 e. The third kappa shape index (κ3) is 8.35. The SMILES string of the molecule is Cc1cccc(C=NCc2cc(N3CCOCC3)cc(OCCCC(=O)NC3CCCCC3)n2)c1. The standard InChI is InChI=1S/C28H38N4O3/c1-22-7-5-8-23(17-22)20-29-21-25-18-26(32-12-15-34-16-13-32)19-28(31-25)35-14-6-11-27(33)30-24-9-3-2-4-10-24/h5,7-8,17-20,24H,2-4,6,9-16,21H2,1H3,(H,30,33). The number of aryl methyl sites for hydroxylation is 1. The minimum absolute atomic E-state index is 0.127. The van der Waals surface area contributed by atoms with E-state index in [1.165, 1.54) is 24.8 Å². The van der Waals surface area contributed by atoms with Gasteiger partial charge in [-0.05, 0) is 37.8 Å². The van der Waals surface area contributed by atoms with E-state index in [2.05, 4.69) is 40.3 Å². The lowest BCUT2D eigenvalue weighted by molar-refractivity contribution is -0.122. The van der Waals surface area contributed by atoms with E-state index in [0.29, 0.717) is 37.9 Å². The van der Waals surface area contributed by atoms with Gasteiger partial charge in [0.2, 0.25) is 11.8 Å². The fourth-order valence-electron chi connectivity index (χ4n) is 4.66. The maximum Gasteiger partial charge on any atom is 0.220 e. The highest BCUT2D eigenvalue weighted by Gasteiger charge is 2.16. The van der Waals surface area contributed by atoms with Crippen molar-refractivity contribution in [3.63, 3.8) is 0 Å². The summed E-state index contributed by atoms with van der Waals surface area (Å²) >= 11 is 0. The smallest absolute Gasteiger partial charge is 0.220 e. The Labute approximate surface area is 208 Å². The van der Waals surface area contributed by atoms with Gasteiger partial charge in [-0.3, -0.25) is 9.79 Å². The molecule has 2 aromatic rings. The molecule has 1 aromatic heterocycles. The second-order valence-corrected chi connectivity index (χ2v) is 9.49. The monoisotopic (exact) mass is 478 g/mol. The first-order chi connectivity index (χ1) is 17.2. The third-order valence-corrected chi connectivity index (χ3v) is 6.52. The molecule has 0 bridgehead atoms. The number of hydrogen-bond acceptors (Lipinski definition) is 6. The Balaban J connectivity index is 1.33. The summed E-state index contributed by atoms with van der Waals surface area (Å²) < 4.78 is 11.5. The van der Waals surface area contributed by atoms with Crippen molar-refractivity contribution in [2.24, 2.45) is 4.99 Å². The molecule has 1 saturated heterocycles. The minimum Gasteiger partial charge on any atom is -0.478 e. The normalized spacial score (nSPS) is 17.0. The number of anilines is 1. The van der Waals surface area contributed by atoms with Crippen molar-refractivity contribution in [2.45, 2.75) is 64.5 Å². The molecule has 1 aromatic carbocycles. The summed E-state index contributed by atoms with van der Waals surface area (Å²) in [6.45, 7) is 6.14. The molecule has 188 valence electrons. The highest BCUT2D eigenvalue weighted by Crippen LogP contribution is 2.23. The fourth-order valence-corrected chi connectivity index (χ4v) is 4.66. The summed E-state index contributed by atoms with van der Waals surface area (Å²) in [4.78, 5) is 23.9. The zero-order chi connectivity index (χ0) is 24.3. The van der Waals surface area contributed by atoms with Gasteiger partial charge in [-0.1, -0.05) is 49.1 Å². The molecule has 4 rings (SSSR count). The highest BCUT2D eigenvalue weighted by atomic mass is 16.5. The predicted octanol–water partition coefficient (Wildman–Crippen LogP) is 4.45. The van der Waals surface area contributed by atoms with Crippen molar-refractivity contribution in [3.8, 4) is 5.88 Å². The lowest BCUT2D eigenvalue weighted by Crippen LogP contribution is -2.36. The molecule has 0 unspecified atom stereocenters. The first-order valence-electron chi connectivity index (χ1n) is 13.0. The molecule has 1 amide bonds. The third-order valence-electron chi connectivity index (χ3n) is 6.52. The molecule has 1 aliphatic carbocycles. The number of rotatable bonds is 10. The van der Waals surface area contributed by atoms with Crippen LogP contribution in [0.1, 0.15) is 61.8 Å². The number of benzene rings is 1. The summed E-state index contributed by atoms with van der Waals surface area (Å²) in [5.41, 5.74) is 4.24. The average molecular weight is 479 g/mol. The van der Waals surface area contributed by atoms with Crippen LogP contribution in [0.3, 0.4) is 0 Å². The number of ether oxygens (including phenoxy) is 2. The number of aliphatic imine (C=N–C) groups is 1. The maximum atomic E-state index is 12.3. The Morgan fingerprint density at radius 1 is 1.20 bits per heavy atom. The van der Waals surface area contributed by atoms with Crippen molar-refractivity contribution >= 4 is 17.8 Å². The molecular formula is C28H38N4O3. The molecule has 2 heterocycles. The van der Waals surface area contributed by atoms with Gasteiger partial charge in [0.05, 0.1) is 32.1 Å². The maximum absolute atomic E-state index is 12.3. The van der Waals surface area contributed by atoms with Crippen molar-refractivity contribution < 1.29 is 14.3 Å². The number of nitrogens with one attached hydrogen (secondary N) is 1. The quantitative estimate of drug-likeness (QED) is 0.403. The second-order valence-electron chi connectivity index (χ2n) is 9.49. The molecule has 0 atom stereocenters. The Kier molecular flexibility index (Phi) is 9.52.